The lowest BCUT2D eigenvalue weighted by Crippen LogP contribution is -2.14. The van der Waals surface area contributed by atoms with Crippen molar-refractivity contribution in [3.8, 4) is 6.07 Å². The summed E-state index contributed by atoms with van der Waals surface area (Å²) in [4.78, 5) is -0.115. The number of nitrogen functional groups attached to an aromatic ring is 1. The Labute approximate surface area is 123 Å². The van der Waals surface area contributed by atoms with Crippen LogP contribution in [0.4, 0.5) is 17.1 Å². The van der Waals surface area contributed by atoms with Crippen molar-refractivity contribution in [2.24, 2.45) is 5.14 Å². The number of benzene rings is 2. The van der Waals surface area contributed by atoms with E-state index in [9.17, 15) is 8.42 Å². The Morgan fingerprint density at radius 3 is 2.48 bits per heavy atom. The topological polar surface area (TPSA) is 122 Å². The highest BCUT2D eigenvalue weighted by molar-refractivity contribution is 7.89. The molecule has 0 aliphatic heterocycles. The molecule has 0 saturated heterocycles. The molecular weight excluding hydrogens is 288 g/mol. The van der Waals surface area contributed by atoms with E-state index in [0.717, 1.165) is 11.3 Å². The minimum absolute atomic E-state index is 0.0663. The SMILES string of the molecule is Cc1ccc(C#N)cc1Nc1ccc(S(N)(=O)=O)c(N)c1. The Morgan fingerprint density at radius 1 is 1.19 bits per heavy atom. The summed E-state index contributed by atoms with van der Waals surface area (Å²) in [5, 5.41) is 17.1. The Bertz CT molecular complexity index is 839. The van der Waals surface area contributed by atoms with E-state index in [1.807, 2.05) is 13.0 Å². The second kappa shape index (κ2) is 5.44. The van der Waals surface area contributed by atoms with Crippen LogP contribution in [0.15, 0.2) is 41.3 Å². The standard InChI is InChI=1S/C14H14N4O2S/c1-9-2-3-10(8-15)6-13(9)18-11-4-5-14(12(16)7-11)21(17,19)20/h2-7,18H,16H2,1H3,(H2,17,19,20). The Hall–Kier alpha value is -2.56. The van der Waals surface area contributed by atoms with Crippen LogP contribution in [0, 0.1) is 18.3 Å². The van der Waals surface area contributed by atoms with Gasteiger partial charge in [-0.3, -0.25) is 0 Å². The quantitative estimate of drug-likeness (QED) is 0.747. The van der Waals surface area contributed by atoms with E-state index < -0.39 is 10.0 Å². The van der Waals surface area contributed by atoms with E-state index in [-0.39, 0.29) is 10.6 Å². The average Bonchev–Trinajstić information content (AvgIpc) is 2.40. The average molecular weight is 302 g/mol. The summed E-state index contributed by atoms with van der Waals surface area (Å²) in [5.41, 5.74) is 8.60. The predicted octanol–water partition coefficient (Wildman–Crippen LogP) is 1.84. The molecule has 0 bridgehead atoms. The van der Waals surface area contributed by atoms with Gasteiger partial charge in [0.05, 0.1) is 17.3 Å². The zero-order chi connectivity index (χ0) is 15.6. The molecule has 0 unspecified atom stereocenters. The molecule has 0 atom stereocenters. The van der Waals surface area contributed by atoms with Gasteiger partial charge in [0.25, 0.3) is 0 Å². The van der Waals surface area contributed by atoms with Gasteiger partial charge in [-0.05, 0) is 42.8 Å². The van der Waals surface area contributed by atoms with E-state index in [4.69, 9.17) is 16.1 Å². The fourth-order valence-corrected chi connectivity index (χ4v) is 2.51. The molecule has 0 aliphatic carbocycles. The first-order chi connectivity index (χ1) is 9.81. The monoisotopic (exact) mass is 302 g/mol. The number of nitrogens with zero attached hydrogens (tertiary/aromatic N) is 1. The normalized spacial score (nSPS) is 10.9. The molecule has 108 valence electrons. The van der Waals surface area contributed by atoms with Gasteiger partial charge in [0.15, 0.2) is 0 Å². The molecule has 0 spiro atoms. The van der Waals surface area contributed by atoms with Gasteiger partial charge in [0.1, 0.15) is 4.90 Å². The van der Waals surface area contributed by atoms with Crippen molar-refractivity contribution in [2.45, 2.75) is 11.8 Å². The van der Waals surface area contributed by atoms with Crippen LogP contribution in [0.5, 0.6) is 0 Å². The smallest absolute Gasteiger partial charge is 0.240 e. The van der Waals surface area contributed by atoms with Gasteiger partial charge in [-0.15, -0.1) is 0 Å². The van der Waals surface area contributed by atoms with Gasteiger partial charge in [0.2, 0.25) is 10.0 Å². The van der Waals surface area contributed by atoms with E-state index in [2.05, 4.69) is 11.4 Å². The summed E-state index contributed by atoms with van der Waals surface area (Å²) < 4.78 is 22.6. The van der Waals surface area contributed by atoms with Crippen molar-refractivity contribution in [1.82, 2.24) is 0 Å². The maximum Gasteiger partial charge on any atom is 0.240 e. The highest BCUT2D eigenvalue weighted by Gasteiger charge is 2.12. The Morgan fingerprint density at radius 2 is 1.90 bits per heavy atom. The molecule has 0 heterocycles. The van der Waals surface area contributed by atoms with Crippen molar-refractivity contribution in [1.29, 1.82) is 5.26 Å². The van der Waals surface area contributed by atoms with Crippen molar-refractivity contribution in [3.05, 3.63) is 47.5 Å². The lowest BCUT2D eigenvalue weighted by molar-refractivity contribution is 0.598. The van der Waals surface area contributed by atoms with Crippen LogP contribution in [0.2, 0.25) is 0 Å². The summed E-state index contributed by atoms with van der Waals surface area (Å²) in [6.45, 7) is 1.89. The number of nitrogens with one attached hydrogen (secondary N) is 1. The molecule has 2 rings (SSSR count). The summed E-state index contributed by atoms with van der Waals surface area (Å²) in [6.07, 6.45) is 0. The first kappa shape index (κ1) is 14.8. The molecule has 21 heavy (non-hydrogen) atoms. The van der Waals surface area contributed by atoms with E-state index >= 15 is 0 Å². The number of aryl methyl sites for hydroxylation is 1. The molecule has 0 fully saturated rings. The van der Waals surface area contributed by atoms with Crippen molar-refractivity contribution >= 4 is 27.1 Å². The number of sulfonamides is 1. The molecule has 5 N–H and O–H groups in total. The number of nitrogens with two attached hydrogens (primary N) is 2. The summed E-state index contributed by atoms with van der Waals surface area (Å²) in [5.74, 6) is 0. The molecular formula is C14H14N4O2S. The van der Waals surface area contributed by atoms with Crippen molar-refractivity contribution in [3.63, 3.8) is 0 Å². The van der Waals surface area contributed by atoms with Gasteiger partial charge in [-0.1, -0.05) is 6.07 Å². The minimum Gasteiger partial charge on any atom is -0.398 e. The summed E-state index contributed by atoms with van der Waals surface area (Å²) in [7, 11) is -3.84. The maximum absolute atomic E-state index is 11.3. The van der Waals surface area contributed by atoms with Crippen LogP contribution in [0.1, 0.15) is 11.1 Å². The number of nitriles is 1. The molecule has 0 amide bonds. The summed E-state index contributed by atoms with van der Waals surface area (Å²) in [6, 6.07) is 11.7. The fourth-order valence-electron chi connectivity index (χ4n) is 1.87. The first-order valence-corrected chi connectivity index (χ1v) is 7.56. The van der Waals surface area contributed by atoms with Crippen LogP contribution in [-0.4, -0.2) is 8.42 Å². The Balaban J connectivity index is 2.38. The van der Waals surface area contributed by atoms with Crippen LogP contribution in [-0.2, 0) is 10.0 Å². The van der Waals surface area contributed by atoms with Crippen LogP contribution in [0.3, 0.4) is 0 Å². The van der Waals surface area contributed by atoms with Gasteiger partial charge >= 0.3 is 0 Å². The van der Waals surface area contributed by atoms with Crippen molar-refractivity contribution in [2.75, 3.05) is 11.1 Å². The minimum atomic E-state index is -3.84. The molecule has 6 nitrogen and oxygen atoms in total. The fraction of sp³-hybridized carbons (Fsp3) is 0.0714. The second-order valence-corrected chi connectivity index (χ2v) is 6.09. The maximum atomic E-state index is 11.3. The summed E-state index contributed by atoms with van der Waals surface area (Å²) >= 11 is 0. The molecule has 2 aromatic rings. The van der Waals surface area contributed by atoms with E-state index in [1.165, 1.54) is 12.1 Å². The van der Waals surface area contributed by atoms with Gasteiger partial charge in [-0.2, -0.15) is 5.26 Å². The van der Waals surface area contributed by atoms with Gasteiger partial charge < -0.3 is 11.1 Å². The van der Waals surface area contributed by atoms with Gasteiger partial charge in [0, 0.05) is 11.4 Å². The number of hydrogen-bond donors (Lipinski definition) is 3. The van der Waals surface area contributed by atoms with E-state index in [0.29, 0.717) is 11.3 Å². The van der Waals surface area contributed by atoms with Gasteiger partial charge in [-0.25, -0.2) is 13.6 Å². The third-order valence-electron chi connectivity index (χ3n) is 2.96. The Kier molecular flexibility index (Phi) is 3.84. The lowest BCUT2D eigenvalue weighted by atomic mass is 10.1. The van der Waals surface area contributed by atoms with Crippen LogP contribution in [0.25, 0.3) is 0 Å². The zero-order valence-corrected chi connectivity index (χ0v) is 12.1. The zero-order valence-electron chi connectivity index (χ0n) is 11.3. The first-order valence-electron chi connectivity index (χ1n) is 6.01. The second-order valence-electron chi connectivity index (χ2n) is 4.56. The highest BCUT2D eigenvalue weighted by atomic mass is 32.2. The number of anilines is 3. The largest absolute Gasteiger partial charge is 0.398 e. The highest BCUT2D eigenvalue weighted by Crippen LogP contribution is 2.26. The third kappa shape index (κ3) is 3.31. The third-order valence-corrected chi connectivity index (χ3v) is 3.95. The number of hydrogen-bond acceptors (Lipinski definition) is 5. The molecule has 0 saturated carbocycles. The molecule has 0 aliphatic rings. The number of rotatable bonds is 3. The molecule has 7 heteroatoms. The lowest BCUT2D eigenvalue weighted by Gasteiger charge is -2.12. The van der Waals surface area contributed by atoms with Crippen molar-refractivity contribution < 1.29 is 8.42 Å². The van der Waals surface area contributed by atoms with Crippen LogP contribution >= 0.6 is 0 Å². The predicted molar refractivity (Wildman–Crippen MR) is 81.4 cm³/mol. The molecule has 0 radical (unpaired) electrons. The molecule has 2 aromatic carbocycles. The number of primary sulfonamides is 1. The van der Waals surface area contributed by atoms with E-state index in [1.54, 1.807) is 18.2 Å². The molecule has 0 aromatic heterocycles. The van der Waals surface area contributed by atoms with Crippen LogP contribution < -0.4 is 16.2 Å².